The van der Waals surface area contributed by atoms with E-state index in [0.29, 0.717) is 11.7 Å². The van der Waals surface area contributed by atoms with Gasteiger partial charge in [-0.05, 0) is 66.8 Å². The summed E-state index contributed by atoms with van der Waals surface area (Å²) >= 11 is 0. The van der Waals surface area contributed by atoms with Crippen molar-refractivity contribution < 1.29 is 5.11 Å². The fourth-order valence-corrected chi connectivity index (χ4v) is 3.09. The predicted molar refractivity (Wildman–Crippen MR) is 85.5 cm³/mol. The molecule has 1 aliphatic heterocycles. The van der Waals surface area contributed by atoms with E-state index >= 15 is 0 Å². The molecule has 1 aliphatic rings. The zero-order chi connectivity index (χ0) is 14.8. The van der Waals surface area contributed by atoms with Crippen LogP contribution in [0.2, 0.25) is 0 Å². The Kier molecular flexibility index (Phi) is 4.74. The highest BCUT2D eigenvalue weighted by atomic mass is 16.3. The number of hydrogen-bond acceptors (Lipinski definition) is 2. The van der Waals surface area contributed by atoms with Crippen molar-refractivity contribution in [1.29, 1.82) is 0 Å². The average molecular weight is 275 g/mol. The summed E-state index contributed by atoms with van der Waals surface area (Å²) in [6.45, 7) is 10.9. The second kappa shape index (κ2) is 6.17. The maximum atomic E-state index is 10.7. The molecule has 20 heavy (non-hydrogen) atoms. The summed E-state index contributed by atoms with van der Waals surface area (Å²) in [5.74, 6) is 1.25. The first kappa shape index (κ1) is 15.4. The van der Waals surface area contributed by atoms with Gasteiger partial charge in [0.1, 0.15) is 5.75 Å². The van der Waals surface area contributed by atoms with Crippen molar-refractivity contribution >= 4 is 0 Å². The summed E-state index contributed by atoms with van der Waals surface area (Å²) in [4.78, 5) is 0. The Morgan fingerprint density at radius 3 is 2.40 bits per heavy atom. The Balaban J connectivity index is 2.31. The van der Waals surface area contributed by atoms with Gasteiger partial charge >= 0.3 is 0 Å². The first-order valence-corrected chi connectivity index (χ1v) is 7.97. The quantitative estimate of drug-likeness (QED) is 0.879. The van der Waals surface area contributed by atoms with Crippen LogP contribution >= 0.6 is 0 Å². The van der Waals surface area contributed by atoms with E-state index in [1.807, 2.05) is 0 Å². The first-order chi connectivity index (χ1) is 9.41. The van der Waals surface area contributed by atoms with Gasteiger partial charge in [0.05, 0.1) is 0 Å². The van der Waals surface area contributed by atoms with Gasteiger partial charge in [-0.25, -0.2) is 0 Å². The van der Waals surface area contributed by atoms with Gasteiger partial charge in [-0.1, -0.05) is 39.8 Å². The molecule has 0 aliphatic carbocycles. The number of piperidine rings is 1. The van der Waals surface area contributed by atoms with Crippen LogP contribution in [0.1, 0.15) is 57.2 Å². The molecule has 0 bridgehead atoms. The van der Waals surface area contributed by atoms with Crippen LogP contribution in [0.25, 0.3) is 0 Å². The van der Waals surface area contributed by atoms with Gasteiger partial charge in [-0.15, -0.1) is 0 Å². The average Bonchev–Trinajstić information content (AvgIpc) is 2.41. The Morgan fingerprint density at radius 2 is 1.85 bits per heavy atom. The highest BCUT2D eigenvalue weighted by Gasteiger charge is 2.23. The summed E-state index contributed by atoms with van der Waals surface area (Å²) in [5.41, 5.74) is 3.59. The number of aryl methyl sites for hydroxylation is 1. The van der Waals surface area contributed by atoms with Gasteiger partial charge in [0, 0.05) is 0 Å². The number of nitrogens with one attached hydrogen (secondary N) is 1. The fourth-order valence-electron chi connectivity index (χ4n) is 3.09. The molecule has 0 saturated carbocycles. The Bertz CT molecular complexity index is 453. The minimum absolute atomic E-state index is 0.00185. The van der Waals surface area contributed by atoms with Crippen molar-refractivity contribution in [3.63, 3.8) is 0 Å². The second-order valence-electron chi connectivity index (χ2n) is 7.15. The van der Waals surface area contributed by atoms with Gasteiger partial charge < -0.3 is 10.4 Å². The molecule has 1 heterocycles. The highest BCUT2D eigenvalue weighted by Crippen LogP contribution is 2.36. The van der Waals surface area contributed by atoms with Crippen molar-refractivity contribution in [3.8, 4) is 5.75 Å². The SMILES string of the molecule is CCc1cc(CC2CCNCC2)c(O)c(C(C)(C)C)c1. The summed E-state index contributed by atoms with van der Waals surface area (Å²) in [6, 6.07) is 4.40. The molecule has 112 valence electrons. The summed E-state index contributed by atoms with van der Waals surface area (Å²) in [7, 11) is 0. The molecule has 1 fully saturated rings. The van der Waals surface area contributed by atoms with Crippen molar-refractivity contribution in [2.24, 2.45) is 5.92 Å². The van der Waals surface area contributed by atoms with Gasteiger partial charge in [0.25, 0.3) is 0 Å². The van der Waals surface area contributed by atoms with Crippen molar-refractivity contribution in [2.45, 2.75) is 58.8 Å². The molecule has 2 rings (SSSR count). The minimum Gasteiger partial charge on any atom is -0.507 e. The van der Waals surface area contributed by atoms with Crippen molar-refractivity contribution in [1.82, 2.24) is 5.32 Å². The molecule has 0 radical (unpaired) electrons. The Labute approximate surface area is 123 Å². The van der Waals surface area contributed by atoms with Crippen LogP contribution in [-0.2, 0) is 18.3 Å². The Hall–Kier alpha value is -1.02. The van der Waals surface area contributed by atoms with E-state index in [9.17, 15) is 5.11 Å². The normalized spacial score (nSPS) is 17.4. The number of phenolic OH excluding ortho intramolecular Hbond substituents is 1. The number of hydrogen-bond donors (Lipinski definition) is 2. The topological polar surface area (TPSA) is 32.3 Å². The number of aromatic hydroxyl groups is 1. The molecule has 2 heteroatoms. The molecular formula is C18H29NO. The maximum absolute atomic E-state index is 10.7. The van der Waals surface area contributed by atoms with E-state index in [0.717, 1.165) is 37.1 Å². The number of phenols is 1. The van der Waals surface area contributed by atoms with E-state index in [4.69, 9.17) is 0 Å². The van der Waals surface area contributed by atoms with E-state index in [-0.39, 0.29) is 5.41 Å². The number of benzene rings is 1. The molecule has 2 N–H and O–H groups in total. The predicted octanol–water partition coefficient (Wildman–Crippen LogP) is 3.79. The van der Waals surface area contributed by atoms with E-state index in [2.05, 4.69) is 45.1 Å². The smallest absolute Gasteiger partial charge is 0.122 e. The van der Waals surface area contributed by atoms with Crippen molar-refractivity contribution in [2.75, 3.05) is 13.1 Å². The summed E-state index contributed by atoms with van der Waals surface area (Å²) in [5, 5.41) is 14.1. The highest BCUT2D eigenvalue weighted by molar-refractivity contribution is 5.47. The monoisotopic (exact) mass is 275 g/mol. The van der Waals surface area contributed by atoms with Crippen molar-refractivity contribution in [3.05, 3.63) is 28.8 Å². The molecule has 0 aromatic heterocycles. The second-order valence-corrected chi connectivity index (χ2v) is 7.15. The third-order valence-electron chi connectivity index (χ3n) is 4.43. The lowest BCUT2D eigenvalue weighted by molar-refractivity contribution is 0.364. The van der Waals surface area contributed by atoms with Crippen LogP contribution < -0.4 is 5.32 Å². The van der Waals surface area contributed by atoms with Gasteiger partial charge in [0.15, 0.2) is 0 Å². The molecule has 1 aromatic carbocycles. The lowest BCUT2D eigenvalue weighted by Crippen LogP contribution is -2.28. The van der Waals surface area contributed by atoms with E-state index in [1.165, 1.54) is 18.4 Å². The molecule has 1 saturated heterocycles. The van der Waals surface area contributed by atoms with Crippen LogP contribution in [0, 0.1) is 5.92 Å². The molecule has 0 spiro atoms. The first-order valence-electron chi connectivity index (χ1n) is 7.97. The third kappa shape index (κ3) is 3.54. The van der Waals surface area contributed by atoms with Crippen LogP contribution in [0.3, 0.4) is 0 Å². The van der Waals surface area contributed by atoms with Gasteiger partial charge in [-0.3, -0.25) is 0 Å². The van der Waals surface area contributed by atoms with E-state index in [1.54, 1.807) is 0 Å². The van der Waals surface area contributed by atoms with E-state index < -0.39 is 0 Å². The third-order valence-corrected chi connectivity index (χ3v) is 4.43. The zero-order valence-corrected chi connectivity index (χ0v) is 13.4. The molecule has 0 atom stereocenters. The van der Waals surface area contributed by atoms with Crippen LogP contribution in [0.4, 0.5) is 0 Å². The van der Waals surface area contributed by atoms with Crippen LogP contribution in [0.15, 0.2) is 12.1 Å². The fraction of sp³-hybridized carbons (Fsp3) is 0.667. The summed E-state index contributed by atoms with van der Waals surface area (Å²) < 4.78 is 0. The van der Waals surface area contributed by atoms with Gasteiger partial charge in [-0.2, -0.15) is 0 Å². The molecule has 1 aromatic rings. The lowest BCUT2D eigenvalue weighted by atomic mass is 9.81. The lowest BCUT2D eigenvalue weighted by Gasteiger charge is -2.26. The number of rotatable bonds is 3. The largest absolute Gasteiger partial charge is 0.507 e. The molecule has 0 unspecified atom stereocenters. The van der Waals surface area contributed by atoms with Crippen LogP contribution in [0.5, 0.6) is 5.75 Å². The summed E-state index contributed by atoms with van der Waals surface area (Å²) in [6.07, 6.45) is 4.49. The van der Waals surface area contributed by atoms with Gasteiger partial charge in [0.2, 0.25) is 0 Å². The molecule has 0 amide bonds. The zero-order valence-electron chi connectivity index (χ0n) is 13.4. The molecular weight excluding hydrogens is 246 g/mol. The van der Waals surface area contributed by atoms with Crippen LogP contribution in [-0.4, -0.2) is 18.2 Å². The maximum Gasteiger partial charge on any atom is 0.122 e. The molecule has 2 nitrogen and oxygen atoms in total. The minimum atomic E-state index is -0.00185. The Morgan fingerprint density at radius 1 is 1.20 bits per heavy atom. The standard InChI is InChI=1S/C18H29NO/c1-5-13-10-15(11-14-6-8-19-9-7-14)17(20)16(12-13)18(2,3)4/h10,12,14,19-20H,5-9,11H2,1-4H3.